The maximum absolute atomic E-state index is 10.7. The van der Waals surface area contributed by atoms with E-state index in [9.17, 15) is 9.59 Å². The first-order valence-corrected chi connectivity index (χ1v) is 8.10. The second-order valence-electron chi connectivity index (χ2n) is 6.23. The van der Waals surface area contributed by atoms with E-state index in [0.717, 1.165) is 13.1 Å². The monoisotopic (exact) mass is 367 g/mol. The molecule has 0 fully saturated rings. The number of esters is 1. The zero-order valence-corrected chi connectivity index (χ0v) is 16.6. The van der Waals surface area contributed by atoms with Crippen molar-refractivity contribution in [1.82, 2.24) is 10.5 Å². The molecule has 0 aromatic carbocycles. The van der Waals surface area contributed by atoms with Gasteiger partial charge in [-0.15, -0.1) is 0 Å². The molecule has 10 heteroatoms. The number of hydrogen-bond acceptors (Lipinski definition) is 9. The number of hydrazine groups is 2. The highest BCUT2D eigenvalue weighted by molar-refractivity contribution is 5.69. The highest BCUT2D eigenvalue weighted by atomic mass is 16.7. The summed E-state index contributed by atoms with van der Waals surface area (Å²) in [4.78, 5) is 24.7. The van der Waals surface area contributed by atoms with Crippen LogP contribution in [0.2, 0.25) is 0 Å². The molecular weight excluding hydrogens is 330 g/mol. The number of primary amides is 1. The van der Waals surface area contributed by atoms with Crippen LogP contribution in [0.1, 0.15) is 54.9 Å². The third-order valence-corrected chi connectivity index (χ3v) is 2.22. The molecular formula is C15H37N5O5. The lowest BCUT2D eigenvalue weighted by Crippen LogP contribution is -2.42. The van der Waals surface area contributed by atoms with Crippen molar-refractivity contribution in [1.29, 1.82) is 0 Å². The van der Waals surface area contributed by atoms with Gasteiger partial charge in [-0.25, -0.2) is 15.7 Å². The van der Waals surface area contributed by atoms with Gasteiger partial charge >= 0.3 is 12.1 Å². The standard InChI is InChI=1S/C6H13NO3.C5H11NO2.C4H13N3/c1-5(2)3-6(8)9-4-10-7;1-5(2,3)8-4(6)7;1-3-7(4-2)6-5/h5H,3-4,7H2,1-2H3;1-3H3,(H2,6,7);6H,3-5H2,1-2H3. The highest BCUT2D eigenvalue weighted by Crippen LogP contribution is 2.04. The number of nitrogens with one attached hydrogen (secondary N) is 1. The van der Waals surface area contributed by atoms with E-state index in [0.29, 0.717) is 12.3 Å². The van der Waals surface area contributed by atoms with Crippen LogP contribution in [0.15, 0.2) is 0 Å². The van der Waals surface area contributed by atoms with Crippen LogP contribution in [-0.2, 0) is 19.1 Å². The molecule has 7 N–H and O–H groups in total. The number of amides is 1. The largest absolute Gasteiger partial charge is 0.444 e. The zero-order chi connectivity index (χ0) is 20.5. The van der Waals surface area contributed by atoms with Gasteiger partial charge in [0.25, 0.3) is 0 Å². The molecule has 0 aliphatic rings. The Morgan fingerprint density at radius 1 is 1.16 bits per heavy atom. The summed E-state index contributed by atoms with van der Waals surface area (Å²) in [6, 6.07) is 0. The average Bonchev–Trinajstić information content (AvgIpc) is 2.45. The summed E-state index contributed by atoms with van der Waals surface area (Å²) in [5, 5.41) is 1.90. The predicted molar refractivity (Wildman–Crippen MR) is 96.4 cm³/mol. The molecule has 0 aliphatic heterocycles. The molecule has 0 aromatic heterocycles. The zero-order valence-electron chi connectivity index (χ0n) is 16.6. The number of rotatable bonds is 7. The molecule has 0 rings (SSSR count). The van der Waals surface area contributed by atoms with Crippen LogP contribution in [0.3, 0.4) is 0 Å². The third kappa shape index (κ3) is 30.9. The van der Waals surface area contributed by atoms with Crippen molar-refractivity contribution in [2.75, 3.05) is 19.9 Å². The lowest BCUT2D eigenvalue weighted by Gasteiger charge is -2.16. The summed E-state index contributed by atoms with van der Waals surface area (Å²) in [7, 11) is 0. The van der Waals surface area contributed by atoms with Crippen LogP contribution in [0.25, 0.3) is 0 Å². The van der Waals surface area contributed by atoms with Crippen LogP contribution < -0.4 is 23.0 Å². The number of carbonyl (C=O) groups is 2. The summed E-state index contributed by atoms with van der Waals surface area (Å²) in [6.45, 7) is 15.0. The average molecular weight is 367 g/mol. The van der Waals surface area contributed by atoms with Crippen molar-refractivity contribution in [3.8, 4) is 0 Å². The van der Waals surface area contributed by atoms with Gasteiger partial charge < -0.3 is 15.2 Å². The molecule has 0 aromatic rings. The first kappa shape index (κ1) is 28.3. The third-order valence-electron chi connectivity index (χ3n) is 2.22. The molecule has 0 radical (unpaired) electrons. The van der Waals surface area contributed by atoms with Gasteiger partial charge in [0, 0.05) is 19.5 Å². The number of nitrogens with zero attached hydrogens (tertiary/aromatic N) is 1. The van der Waals surface area contributed by atoms with E-state index in [1.54, 1.807) is 20.8 Å². The van der Waals surface area contributed by atoms with Crippen LogP contribution >= 0.6 is 0 Å². The van der Waals surface area contributed by atoms with E-state index < -0.39 is 11.7 Å². The highest BCUT2D eigenvalue weighted by Gasteiger charge is 2.12. The molecule has 0 aliphatic carbocycles. The fourth-order valence-corrected chi connectivity index (χ4v) is 1.20. The van der Waals surface area contributed by atoms with E-state index in [1.807, 2.05) is 32.7 Å². The maximum Gasteiger partial charge on any atom is 0.405 e. The maximum atomic E-state index is 10.7. The van der Waals surface area contributed by atoms with Crippen molar-refractivity contribution in [2.45, 2.75) is 60.5 Å². The molecule has 0 spiro atoms. The summed E-state index contributed by atoms with van der Waals surface area (Å²) in [6.07, 6.45) is -0.318. The Labute approximate surface area is 151 Å². The summed E-state index contributed by atoms with van der Waals surface area (Å²) in [5.74, 6) is 9.73. The SMILES string of the molecule is CC(C)(C)OC(N)=O.CC(C)CC(=O)OCON.CCN(CC)NN. The van der Waals surface area contributed by atoms with Gasteiger partial charge in [0.15, 0.2) is 0 Å². The Balaban J connectivity index is -0.000000296. The summed E-state index contributed by atoms with van der Waals surface area (Å²) >= 11 is 0. The fraction of sp³-hybridized carbons (Fsp3) is 0.867. The minimum absolute atomic E-state index is 0.161. The summed E-state index contributed by atoms with van der Waals surface area (Å²) in [5.41, 5.74) is 6.80. The van der Waals surface area contributed by atoms with Crippen molar-refractivity contribution in [3.05, 3.63) is 0 Å². The van der Waals surface area contributed by atoms with Crippen LogP contribution in [0.4, 0.5) is 4.79 Å². The molecule has 0 unspecified atom stereocenters. The predicted octanol–water partition coefficient (Wildman–Crippen LogP) is 1.01. The molecule has 10 nitrogen and oxygen atoms in total. The summed E-state index contributed by atoms with van der Waals surface area (Å²) < 4.78 is 9.09. The molecule has 0 bridgehead atoms. The second-order valence-corrected chi connectivity index (χ2v) is 6.23. The molecule has 0 heterocycles. The Morgan fingerprint density at radius 2 is 1.64 bits per heavy atom. The molecule has 0 saturated heterocycles. The molecule has 152 valence electrons. The van der Waals surface area contributed by atoms with Crippen LogP contribution in [0, 0.1) is 5.92 Å². The van der Waals surface area contributed by atoms with Gasteiger partial charge in [-0.1, -0.05) is 27.7 Å². The Kier molecular flexibility index (Phi) is 19.7. The van der Waals surface area contributed by atoms with Gasteiger partial charge in [-0.05, 0) is 26.7 Å². The van der Waals surface area contributed by atoms with Gasteiger partial charge in [0.1, 0.15) is 5.60 Å². The Bertz CT molecular complexity index is 325. The number of hydrogen-bond donors (Lipinski definition) is 4. The lowest BCUT2D eigenvalue weighted by molar-refractivity contribution is -0.157. The number of ether oxygens (including phenoxy) is 2. The van der Waals surface area contributed by atoms with Gasteiger partial charge in [0.05, 0.1) is 0 Å². The van der Waals surface area contributed by atoms with Crippen molar-refractivity contribution < 1.29 is 23.9 Å². The Morgan fingerprint density at radius 3 is 1.80 bits per heavy atom. The van der Waals surface area contributed by atoms with E-state index in [2.05, 4.69) is 25.7 Å². The molecule has 1 amide bonds. The van der Waals surface area contributed by atoms with Crippen LogP contribution in [-0.4, -0.2) is 42.6 Å². The quantitative estimate of drug-likeness (QED) is 0.223. The Hall–Kier alpha value is -1.46. The molecule has 0 saturated carbocycles. The fourth-order valence-electron chi connectivity index (χ4n) is 1.20. The van der Waals surface area contributed by atoms with E-state index in [-0.39, 0.29) is 12.8 Å². The van der Waals surface area contributed by atoms with E-state index >= 15 is 0 Å². The topological polar surface area (TPSA) is 155 Å². The van der Waals surface area contributed by atoms with Crippen molar-refractivity contribution in [2.24, 2.45) is 23.4 Å². The first-order chi connectivity index (χ1) is 11.4. The van der Waals surface area contributed by atoms with Gasteiger partial charge in [-0.3, -0.25) is 15.5 Å². The van der Waals surface area contributed by atoms with Gasteiger partial charge in [-0.2, -0.15) is 5.53 Å². The first-order valence-electron chi connectivity index (χ1n) is 8.10. The van der Waals surface area contributed by atoms with E-state index in [4.69, 9.17) is 11.6 Å². The number of carbonyl (C=O) groups excluding carboxylic acids is 2. The normalized spacial score (nSPS) is 10.4. The van der Waals surface area contributed by atoms with Crippen molar-refractivity contribution >= 4 is 12.1 Å². The molecule has 0 atom stereocenters. The molecule has 25 heavy (non-hydrogen) atoms. The smallest absolute Gasteiger partial charge is 0.405 e. The van der Waals surface area contributed by atoms with Gasteiger partial charge in [0.2, 0.25) is 6.79 Å². The minimum Gasteiger partial charge on any atom is -0.444 e. The minimum atomic E-state index is -0.725. The van der Waals surface area contributed by atoms with E-state index in [1.165, 1.54) is 0 Å². The van der Waals surface area contributed by atoms with Crippen LogP contribution in [0.5, 0.6) is 0 Å². The number of nitrogens with two attached hydrogens (primary N) is 3. The lowest BCUT2D eigenvalue weighted by atomic mass is 10.1. The second kappa shape index (κ2) is 17.4. The van der Waals surface area contributed by atoms with Crippen molar-refractivity contribution in [3.63, 3.8) is 0 Å².